The lowest BCUT2D eigenvalue weighted by atomic mass is 9.81. The molecule has 0 amide bonds. The summed E-state index contributed by atoms with van der Waals surface area (Å²) in [6, 6.07) is 7.60. The minimum atomic E-state index is -0.720. The van der Waals surface area contributed by atoms with Crippen molar-refractivity contribution in [3.8, 4) is 6.07 Å². The average molecular weight is 342 g/mol. The number of anilines is 1. The third kappa shape index (κ3) is 2.06. The fourth-order valence-electron chi connectivity index (χ4n) is 4.38. The zero-order valence-electron chi connectivity index (χ0n) is 13.0. The highest BCUT2D eigenvalue weighted by molar-refractivity contribution is 6.31. The Hall–Kier alpha value is -2.32. The van der Waals surface area contributed by atoms with Gasteiger partial charge in [-0.2, -0.15) is 5.26 Å². The standard InChI is InChI=1S/C18H16ClN3O2/c19-13-3-4-15-14(6-13)16(11(7-20)8-21-15)22-9-12-2-1-5-18(12,10-22)17(23)24/h3-4,6,8,12H,1-2,5,9-10H2,(H,23,24)/t12-,18+/m0/s1. The van der Waals surface area contributed by atoms with Crippen LogP contribution in [0.4, 0.5) is 5.69 Å². The number of hydrogen-bond donors (Lipinski definition) is 1. The first-order chi connectivity index (χ1) is 11.5. The summed E-state index contributed by atoms with van der Waals surface area (Å²) in [4.78, 5) is 18.3. The van der Waals surface area contributed by atoms with Gasteiger partial charge >= 0.3 is 5.97 Å². The Kier molecular flexibility index (Phi) is 3.40. The van der Waals surface area contributed by atoms with Gasteiger partial charge in [-0.15, -0.1) is 0 Å². The van der Waals surface area contributed by atoms with E-state index in [1.54, 1.807) is 12.3 Å². The number of aliphatic carboxylic acids is 1. The van der Waals surface area contributed by atoms with Gasteiger partial charge in [-0.05, 0) is 37.0 Å². The van der Waals surface area contributed by atoms with Gasteiger partial charge in [-0.1, -0.05) is 18.0 Å². The van der Waals surface area contributed by atoms with Crippen LogP contribution in [0.3, 0.4) is 0 Å². The first-order valence-electron chi connectivity index (χ1n) is 8.02. The SMILES string of the molecule is N#Cc1cnc2ccc(Cl)cc2c1N1C[C@@H]2CCC[C@@]2(C(=O)O)C1. The smallest absolute Gasteiger partial charge is 0.311 e. The predicted octanol–water partition coefficient (Wildman–Crippen LogP) is 3.45. The molecule has 2 atom stereocenters. The molecule has 0 radical (unpaired) electrons. The van der Waals surface area contributed by atoms with Gasteiger partial charge in [0.15, 0.2) is 0 Å². The number of nitriles is 1. The molecule has 2 fully saturated rings. The highest BCUT2D eigenvalue weighted by Gasteiger charge is 2.55. The zero-order valence-corrected chi connectivity index (χ0v) is 13.8. The van der Waals surface area contributed by atoms with Gasteiger partial charge in [-0.3, -0.25) is 9.78 Å². The monoisotopic (exact) mass is 341 g/mol. The van der Waals surface area contributed by atoms with Gasteiger partial charge in [0, 0.05) is 29.7 Å². The van der Waals surface area contributed by atoms with Crippen LogP contribution in [-0.2, 0) is 4.79 Å². The Labute approximate surface area is 144 Å². The lowest BCUT2D eigenvalue weighted by Gasteiger charge is -2.25. The van der Waals surface area contributed by atoms with Crippen LogP contribution in [0, 0.1) is 22.7 Å². The quantitative estimate of drug-likeness (QED) is 0.905. The third-order valence-corrected chi connectivity index (χ3v) is 5.77. The van der Waals surface area contributed by atoms with Crippen molar-refractivity contribution in [1.29, 1.82) is 5.26 Å². The number of hydrogen-bond acceptors (Lipinski definition) is 4. The zero-order chi connectivity index (χ0) is 16.9. The Morgan fingerprint density at radius 1 is 1.50 bits per heavy atom. The molecule has 2 aromatic rings. The molecular weight excluding hydrogens is 326 g/mol. The van der Waals surface area contributed by atoms with E-state index in [4.69, 9.17) is 11.6 Å². The Bertz CT molecular complexity index is 892. The molecule has 1 aromatic heterocycles. The molecule has 1 aromatic carbocycles. The Morgan fingerprint density at radius 3 is 3.04 bits per heavy atom. The summed E-state index contributed by atoms with van der Waals surface area (Å²) in [5, 5.41) is 20.7. The summed E-state index contributed by atoms with van der Waals surface area (Å²) in [5.74, 6) is -0.591. The molecule has 4 rings (SSSR count). The number of fused-ring (bicyclic) bond motifs is 2. The second-order valence-electron chi connectivity index (χ2n) is 6.72. The number of carbonyl (C=O) groups is 1. The van der Waals surface area contributed by atoms with E-state index in [0.29, 0.717) is 30.1 Å². The second-order valence-corrected chi connectivity index (χ2v) is 7.16. The summed E-state index contributed by atoms with van der Waals surface area (Å²) in [7, 11) is 0. The highest BCUT2D eigenvalue weighted by Crippen LogP contribution is 2.51. The highest BCUT2D eigenvalue weighted by atomic mass is 35.5. The average Bonchev–Trinajstić information content (AvgIpc) is 3.11. The van der Waals surface area contributed by atoms with Crippen LogP contribution in [0.5, 0.6) is 0 Å². The maximum absolute atomic E-state index is 11.9. The molecule has 6 heteroatoms. The van der Waals surface area contributed by atoms with Crippen LogP contribution in [0.1, 0.15) is 24.8 Å². The summed E-state index contributed by atoms with van der Waals surface area (Å²) in [5.41, 5.74) is 1.29. The number of halogens is 1. The topological polar surface area (TPSA) is 77.2 Å². The maximum atomic E-state index is 11.9. The lowest BCUT2D eigenvalue weighted by molar-refractivity contribution is -0.149. The van der Waals surface area contributed by atoms with Crippen molar-refractivity contribution in [1.82, 2.24) is 4.98 Å². The van der Waals surface area contributed by atoms with Gasteiger partial charge in [0.25, 0.3) is 0 Å². The second kappa shape index (κ2) is 5.35. The molecule has 0 bridgehead atoms. The summed E-state index contributed by atoms with van der Waals surface area (Å²) >= 11 is 6.14. The van der Waals surface area contributed by atoms with Crippen LogP contribution < -0.4 is 4.90 Å². The van der Waals surface area contributed by atoms with E-state index in [-0.39, 0.29) is 5.92 Å². The van der Waals surface area contributed by atoms with Crippen LogP contribution in [0.25, 0.3) is 10.9 Å². The molecule has 2 heterocycles. The van der Waals surface area contributed by atoms with Gasteiger partial charge in [-0.25, -0.2) is 0 Å². The first-order valence-corrected chi connectivity index (χ1v) is 8.40. The fourth-order valence-corrected chi connectivity index (χ4v) is 4.55. The Balaban J connectivity index is 1.87. The van der Waals surface area contributed by atoms with E-state index in [1.807, 2.05) is 12.1 Å². The Morgan fingerprint density at radius 2 is 2.33 bits per heavy atom. The van der Waals surface area contributed by atoms with Crippen molar-refractivity contribution in [2.75, 3.05) is 18.0 Å². The molecule has 0 unspecified atom stereocenters. The van der Waals surface area contributed by atoms with Crippen molar-refractivity contribution in [3.63, 3.8) is 0 Å². The molecule has 0 spiro atoms. The van der Waals surface area contributed by atoms with Gasteiger partial charge in [0.05, 0.1) is 22.2 Å². The fraction of sp³-hybridized carbons (Fsp3) is 0.389. The van der Waals surface area contributed by atoms with Crippen molar-refractivity contribution < 1.29 is 9.90 Å². The van der Waals surface area contributed by atoms with Gasteiger partial charge in [0.1, 0.15) is 6.07 Å². The molecule has 1 aliphatic heterocycles. The van der Waals surface area contributed by atoms with Crippen molar-refractivity contribution in [3.05, 3.63) is 35.0 Å². The number of pyridine rings is 1. The normalized spacial score (nSPS) is 25.7. The van der Waals surface area contributed by atoms with E-state index >= 15 is 0 Å². The number of carboxylic acid groups (broad SMARTS) is 1. The minimum absolute atomic E-state index is 0.129. The van der Waals surface area contributed by atoms with Crippen molar-refractivity contribution >= 4 is 34.2 Å². The molecule has 1 aliphatic carbocycles. The molecule has 2 aliphatic rings. The van der Waals surface area contributed by atoms with Crippen LogP contribution >= 0.6 is 11.6 Å². The number of aromatic nitrogens is 1. The number of rotatable bonds is 2. The van der Waals surface area contributed by atoms with Gasteiger partial charge in [0.2, 0.25) is 0 Å². The largest absolute Gasteiger partial charge is 0.481 e. The molecule has 5 nitrogen and oxygen atoms in total. The van der Waals surface area contributed by atoms with E-state index < -0.39 is 11.4 Å². The van der Waals surface area contributed by atoms with E-state index in [1.165, 1.54) is 0 Å². The van der Waals surface area contributed by atoms with Crippen molar-refractivity contribution in [2.24, 2.45) is 11.3 Å². The first kappa shape index (κ1) is 15.2. The predicted molar refractivity (Wildman–Crippen MR) is 91.1 cm³/mol. The summed E-state index contributed by atoms with van der Waals surface area (Å²) in [6.45, 7) is 1.10. The van der Waals surface area contributed by atoms with Crippen LogP contribution in [-0.4, -0.2) is 29.1 Å². The lowest BCUT2D eigenvalue weighted by Crippen LogP contribution is -2.35. The van der Waals surface area contributed by atoms with E-state index in [2.05, 4.69) is 16.0 Å². The third-order valence-electron chi connectivity index (χ3n) is 5.53. The van der Waals surface area contributed by atoms with E-state index in [0.717, 1.165) is 29.4 Å². The number of nitrogens with zero attached hydrogens (tertiary/aromatic N) is 3. The summed E-state index contributed by atoms with van der Waals surface area (Å²) in [6.07, 6.45) is 4.15. The number of carboxylic acids is 1. The molecule has 122 valence electrons. The molecular formula is C18H16ClN3O2. The number of benzene rings is 1. The van der Waals surface area contributed by atoms with E-state index in [9.17, 15) is 15.2 Å². The molecule has 1 saturated carbocycles. The van der Waals surface area contributed by atoms with Crippen molar-refractivity contribution in [2.45, 2.75) is 19.3 Å². The molecule has 1 saturated heterocycles. The maximum Gasteiger partial charge on any atom is 0.311 e. The molecule has 1 N–H and O–H groups in total. The van der Waals surface area contributed by atoms with Crippen LogP contribution in [0.2, 0.25) is 5.02 Å². The minimum Gasteiger partial charge on any atom is -0.481 e. The van der Waals surface area contributed by atoms with Gasteiger partial charge < -0.3 is 10.0 Å². The molecule has 24 heavy (non-hydrogen) atoms. The summed E-state index contributed by atoms with van der Waals surface area (Å²) < 4.78 is 0. The van der Waals surface area contributed by atoms with Crippen LogP contribution in [0.15, 0.2) is 24.4 Å².